The molecule has 0 aliphatic rings. The van der Waals surface area contributed by atoms with Crippen LogP contribution in [-0.4, -0.2) is 30.1 Å². The van der Waals surface area contributed by atoms with E-state index in [2.05, 4.69) is 6.92 Å². The maximum absolute atomic E-state index is 12.2. The minimum atomic E-state index is -0.966. The fourth-order valence-corrected chi connectivity index (χ4v) is 5.44. The first-order chi connectivity index (χ1) is 18.4. The van der Waals surface area contributed by atoms with Crippen LogP contribution in [0.5, 0.6) is 0 Å². The van der Waals surface area contributed by atoms with E-state index in [1.165, 1.54) is 135 Å². The number of carbonyl (C=O) groups excluding carboxylic acids is 2. The van der Waals surface area contributed by atoms with Gasteiger partial charge in [-0.15, -0.1) is 0 Å². The summed E-state index contributed by atoms with van der Waals surface area (Å²) in [6.07, 6.45) is 30.8. The van der Waals surface area contributed by atoms with Gasteiger partial charge in [-0.05, 0) is 39.5 Å². The number of esters is 1. The summed E-state index contributed by atoms with van der Waals surface area (Å²) in [5.41, 5.74) is -0.966. The Balaban J connectivity index is 3.44. The normalized spacial score (nSPS) is 13.8. The van der Waals surface area contributed by atoms with Crippen LogP contribution in [0.2, 0.25) is 0 Å². The van der Waals surface area contributed by atoms with Gasteiger partial charge in [-0.3, -0.25) is 9.59 Å². The van der Waals surface area contributed by atoms with Crippen LogP contribution in [0.25, 0.3) is 0 Å². The Kier molecular flexibility index (Phi) is 25.7. The van der Waals surface area contributed by atoms with Crippen LogP contribution < -0.4 is 0 Å². The Morgan fingerprint density at radius 2 is 0.974 bits per heavy atom. The van der Waals surface area contributed by atoms with Crippen molar-refractivity contribution in [3.05, 3.63) is 0 Å². The standard InChI is InChI=1S/C34H66O4/c1-5-38-33(37)34(4,32(3)36)29-25-21-18-20-24-28-31(2)27-23-19-16-14-12-10-8-6-7-9-11-13-15-17-22-26-30-35/h31,35H,5-30H2,1-4H3. The first-order valence-corrected chi connectivity index (χ1v) is 16.7. The molecule has 0 bridgehead atoms. The van der Waals surface area contributed by atoms with Gasteiger partial charge >= 0.3 is 5.97 Å². The molecular weight excluding hydrogens is 472 g/mol. The van der Waals surface area contributed by atoms with Gasteiger partial charge in [0.05, 0.1) is 6.61 Å². The highest BCUT2D eigenvalue weighted by atomic mass is 16.5. The zero-order valence-corrected chi connectivity index (χ0v) is 26.1. The molecule has 0 aliphatic carbocycles. The highest BCUT2D eigenvalue weighted by Crippen LogP contribution is 2.28. The molecule has 4 heteroatoms. The number of ether oxygens (including phenoxy) is 1. The molecule has 0 aromatic carbocycles. The van der Waals surface area contributed by atoms with E-state index in [0.717, 1.165) is 25.2 Å². The second-order valence-corrected chi connectivity index (χ2v) is 12.2. The lowest BCUT2D eigenvalue weighted by Crippen LogP contribution is -2.36. The Labute approximate surface area is 237 Å². The minimum Gasteiger partial charge on any atom is -0.465 e. The molecule has 0 spiro atoms. The van der Waals surface area contributed by atoms with E-state index in [1.807, 2.05) is 0 Å². The highest BCUT2D eigenvalue weighted by molar-refractivity contribution is 6.02. The van der Waals surface area contributed by atoms with Crippen LogP contribution >= 0.6 is 0 Å². The second kappa shape index (κ2) is 26.3. The van der Waals surface area contributed by atoms with Crippen molar-refractivity contribution in [3.8, 4) is 0 Å². The number of hydrogen-bond donors (Lipinski definition) is 1. The Morgan fingerprint density at radius 1 is 0.632 bits per heavy atom. The van der Waals surface area contributed by atoms with Gasteiger partial charge in [0, 0.05) is 6.61 Å². The van der Waals surface area contributed by atoms with Gasteiger partial charge in [-0.25, -0.2) is 0 Å². The Morgan fingerprint density at radius 3 is 1.32 bits per heavy atom. The van der Waals surface area contributed by atoms with Gasteiger partial charge in [0.1, 0.15) is 11.2 Å². The molecule has 4 nitrogen and oxygen atoms in total. The molecule has 38 heavy (non-hydrogen) atoms. The molecule has 0 aliphatic heterocycles. The van der Waals surface area contributed by atoms with Crippen molar-refractivity contribution in [3.63, 3.8) is 0 Å². The molecule has 1 N–H and O–H groups in total. The molecule has 2 unspecified atom stereocenters. The summed E-state index contributed by atoms with van der Waals surface area (Å²) in [5.74, 6) is 0.393. The highest BCUT2D eigenvalue weighted by Gasteiger charge is 2.38. The van der Waals surface area contributed by atoms with Gasteiger partial charge in [0.15, 0.2) is 0 Å². The summed E-state index contributed by atoms with van der Waals surface area (Å²) in [6, 6.07) is 0. The van der Waals surface area contributed by atoms with Crippen molar-refractivity contribution in [1.29, 1.82) is 0 Å². The predicted molar refractivity (Wildman–Crippen MR) is 162 cm³/mol. The van der Waals surface area contributed by atoms with Crippen molar-refractivity contribution in [2.75, 3.05) is 13.2 Å². The van der Waals surface area contributed by atoms with Crippen molar-refractivity contribution >= 4 is 11.8 Å². The molecular formula is C34H66O4. The maximum atomic E-state index is 12.2. The zero-order chi connectivity index (χ0) is 28.3. The first kappa shape index (κ1) is 37.1. The molecule has 0 aromatic rings. The molecule has 0 saturated heterocycles. The summed E-state index contributed by atoms with van der Waals surface area (Å²) in [7, 11) is 0. The van der Waals surface area contributed by atoms with Crippen LogP contribution in [0.3, 0.4) is 0 Å². The third-order valence-corrected chi connectivity index (χ3v) is 8.48. The fraction of sp³-hybridized carbons (Fsp3) is 0.941. The number of aliphatic hydroxyl groups excluding tert-OH is 1. The van der Waals surface area contributed by atoms with Crippen LogP contribution in [0.4, 0.5) is 0 Å². The molecule has 0 radical (unpaired) electrons. The van der Waals surface area contributed by atoms with Crippen molar-refractivity contribution in [2.24, 2.45) is 11.3 Å². The molecule has 0 rings (SSSR count). The monoisotopic (exact) mass is 538 g/mol. The first-order valence-electron chi connectivity index (χ1n) is 16.7. The summed E-state index contributed by atoms with van der Waals surface area (Å²) < 4.78 is 5.12. The number of Topliss-reactive ketones (excluding diaryl/α,β-unsaturated/α-hetero) is 1. The summed E-state index contributed by atoms with van der Waals surface area (Å²) in [6.45, 7) is 8.13. The van der Waals surface area contributed by atoms with E-state index in [9.17, 15) is 9.59 Å². The topological polar surface area (TPSA) is 63.6 Å². The summed E-state index contributed by atoms with van der Waals surface area (Å²) in [4.78, 5) is 24.1. The van der Waals surface area contributed by atoms with E-state index in [1.54, 1.807) is 13.8 Å². The maximum Gasteiger partial charge on any atom is 0.319 e. The quantitative estimate of drug-likeness (QED) is 0.0584. The predicted octanol–water partition coefficient (Wildman–Crippen LogP) is 10.1. The van der Waals surface area contributed by atoms with Gasteiger partial charge in [0.2, 0.25) is 0 Å². The number of carbonyl (C=O) groups is 2. The van der Waals surface area contributed by atoms with Crippen LogP contribution in [0.15, 0.2) is 0 Å². The number of ketones is 1. The molecule has 2 atom stereocenters. The van der Waals surface area contributed by atoms with Crippen molar-refractivity contribution < 1.29 is 19.4 Å². The lowest BCUT2D eigenvalue weighted by molar-refractivity contribution is -0.159. The van der Waals surface area contributed by atoms with Crippen LogP contribution in [-0.2, 0) is 14.3 Å². The molecule has 0 fully saturated rings. The Bertz CT molecular complexity index is 547. The Hall–Kier alpha value is -0.900. The zero-order valence-electron chi connectivity index (χ0n) is 26.1. The summed E-state index contributed by atoms with van der Waals surface area (Å²) in [5, 5.41) is 8.78. The molecule has 226 valence electrons. The third kappa shape index (κ3) is 21.0. The lowest BCUT2D eigenvalue weighted by Gasteiger charge is -2.24. The van der Waals surface area contributed by atoms with Crippen LogP contribution in [0.1, 0.15) is 182 Å². The van der Waals surface area contributed by atoms with E-state index in [0.29, 0.717) is 19.6 Å². The molecule has 0 aromatic heterocycles. The van der Waals surface area contributed by atoms with Gasteiger partial charge in [-0.1, -0.05) is 148 Å². The average molecular weight is 539 g/mol. The second-order valence-electron chi connectivity index (χ2n) is 12.2. The van der Waals surface area contributed by atoms with Crippen LogP contribution in [0, 0.1) is 11.3 Å². The smallest absolute Gasteiger partial charge is 0.319 e. The summed E-state index contributed by atoms with van der Waals surface area (Å²) >= 11 is 0. The van der Waals surface area contributed by atoms with E-state index >= 15 is 0 Å². The number of aliphatic hydroxyl groups is 1. The fourth-order valence-electron chi connectivity index (χ4n) is 5.44. The molecule has 0 amide bonds. The minimum absolute atomic E-state index is 0.0796. The number of rotatable bonds is 29. The molecule has 0 saturated carbocycles. The number of unbranched alkanes of at least 4 members (excludes halogenated alkanes) is 19. The van der Waals surface area contributed by atoms with Gasteiger partial charge in [-0.2, -0.15) is 0 Å². The average Bonchev–Trinajstić information content (AvgIpc) is 2.89. The van der Waals surface area contributed by atoms with Crippen molar-refractivity contribution in [2.45, 2.75) is 182 Å². The lowest BCUT2D eigenvalue weighted by atomic mass is 9.81. The molecule has 0 heterocycles. The van der Waals surface area contributed by atoms with E-state index < -0.39 is 5.41 Å². The largest absolute Gasteiger partial charge is 0.465 e. The van der Waals surface area contributed by atoms with Gasteiger partial charge < -0.3 is 9.84 Å². The van der Waals surface area contributed by atoms with Crippen molar-refractivity contribution in [1.82, 2.24) is 0 Å². The number of hydrogen-bond acceptors (Lipinski definition) is 4. The van der Waals surface area contributed by atoms with E-state index in [-0.39, 0.29) is 11.8 Å². The third-order valence-electron chi connectivity index (χ3n) is 8.48. The van der Waals surface area contributed by atoms with Gasteiger partial charge in [0.25, 0.3) is 0 Å². The SMILES string of the molecule is CCOC(=O)C(C)(CCCCCCCC(C)CCCCCCCCCCCCCCCCCCO)C(C)=O. The van der Waals surface area contributed by atoms with E-state index in [4.69, 9.17) is 9.84 Å².